The number of piperidine rings is 1. The minimum absolute atomic E-state index is 0.192. The summed E-state index contributed by atoms with van der Waals surface area (Å²) in [6.07, 6.45) is 4.01. The molecule has 1 aliphatic rings. The number of halogens is 2. The van der Waals surface area contributed by atoms with Crippen molar-refractivity contribution in [2.24, 2.45) is 5.92 Å². The number of carbonyl (C=O) groups is 3. The van der Waals surface area contributed by atoms with Crippen molar-refractivity contribution in [1.29, 1.82) is 0 Å². The van der Waals surface area contributed by atoms with Gasteiger partial charge in [-0.15, -0.1) is 0 Å². The molecule has 0 saturated carbocycles. The van der Waals surface area contributed by atoms with Crippen LogP contribution in [0.15, 0.2) is 52.3 Å². The van der Waals surface area contributed by atoms with E-state index in [2.05, 4.69) is 5.32 Å². The van der Waals surface area contributed by atoms with Crippen LogP contribution in [0, 0.1) is 5.92 Å². The standard InChI is InChI=1S/C25H26Cl2N2O5S/c1-15(25(32)33)28-24(31)17-11-13-29(14-12-17)21(30)10-8-16-7-9-20(23(27)22(16)26)35-19-6-4-3-5-18(19)34-2/h3-10,15,17H,11-14H2,1-2H3,(H,28,31)(H,32,33)/b10-8+. The normalized spacial score (nSPS) is 15.1. The SMILES string of the molecule is COc1ccccc1Sc1ccc(/C=C/C(=O)N2CCC(C(=O)NC(C)C(=O)O)CC2)c(Cl)c1Cl. The summed E-state index contributed by atoms with van der Waals surface area (Å²) in [6, 6.07) is 10.3. The molecule has 2 N–H and O–H groups in total. The molecule has 0 aliphatic carbocycles. The summed E-state index contributed by atoms with van der Waals surface area (Å²) in [7, 11) is 1.61. The molecule has 186 valence electrons. The molecule has 2 aromatic rings. The third-order valence-electron chi connectivity index (χ3n) is 5.68. The van der Waals surface area contributed by atoms with Crippen LogP contribution in [-0.2, 0) is 14.4 Å². The number of hydrogen-bond acceptors (Lipinski definition) is 5. The number of amides is 2. The van der Waals surface area contributed by atoms with Gasteiger partial charge in [0.05, 0.1) is 22.1 Å². The zero-order valence-electron chi connectivity index (χ0n) is 19.3. The third kappa shape index (κ3) is 6.93. The largest absolute Gasteiger partial charge is 0.496 e. The van der Waals surface area contributed by atoms with Crippen LogP contribution in [0.4, 0.5) is 0 Å². The van der Waals surface area contributed by atoms with E-state index < -0.39 is 12.0 Å². The van der Waals surface area contributed by atoms with E-state index in [9.17, 15) is 14.4 Å². The molecule has 7 nitrogen and oxygen atoms in total. The average molecular weight is 537 g/mol. The molecule has 3 rings (SSSR count). The highest BCUT2D eigenvalue weighted by molar-refractivity contribution is 7.99. The summed E-state index contributed by atoms with van der Waals surface area (Å²) in [5.74, 6) is -1.15. The predicted molar refractivity (Wildman–Crippen MR) is 137 cm³/mol. The second-order valence-electron chi connectivity index (χ2n) is 8.04. The number of methoxy groups -OCH3 is 1. The van der Waals surface area contributed by atoms with Gasteiger partial charge in [0, 0.05) is 30.0 Å². The number of benzene rings is 2. The molecule has 1 unspecified atom stereocenters. The number of para-hydroxylation sites is 1. The van der Waals surface area contributed by atoms with Crippen molar-refractivity contribution in [3.05, 3.63) is 58.1 Å². The lowest BCUT2D eigenvalue weighted by atomic mass is 9.95. The van der Waals surface area contributed by atoms with Gasteiger partial charge in [-0.3, -0.25) is 14.4 Å². The lowest BCUT2D eigenvalue weighted by molar-refractivity contribution is -0.142. The van der Waals surface area contributed by atoms with Crippen LogP contribution in [0.3, 0.4) is 0 Å². The number of rotatable bonds is 8. The van der Waals surface area contributed by atoms with Crippen LogP contribution >= 0.6 is 35.0 Å². The number of nitrogens with one attached hydrogen (secondary N) is 1. The van der Waals surface area contributed by atoms with E-state index in [1.54, 1.807) is 24.2 Å². The molecule has 0 radical (unpaired) electrons. The highest BCUT2D eigenvalue weighted by atomic mass is 35.5. The van der Waals surface area contributed by atoms with E-state index in [-0.39, 0.29) is 17.7 Å². The van der Waals surface area contributed by atoms with E-state index in [4.69, 9.17) is 33.0 Å². The first-order chi connectivity index (χ1) is 16.7. The fourth-order valence-electron chi connectivity index (χ4n) is 3.60. The summed E-state index contributed by atoms with van der Waals surface area (Å²) < 4.78 is 5.38. The number of carboxylic acids is 1. The zero-order chi connectivity index (χ0) is 25.5. The van der Waals surface area contributed by atoms with Crippen LogP contribution < -0.4 is 10.1 Å². The maximum Gasteiger partial charge on any atom is 0.325 e. The number of carboxylic acid groups (broad SMARTS) is 1. The highest BCUT2D eigenvalue weighted by Gasteiger charge is 2.28. The topological polar surface area (TPSA) is 95.9 Å². The molecule has 10 heteroatoms. The first-order valence-corrected chi connectivity index (χ1v) is 12.6. The molecule has 0 spiro atoms. The Bertz CT molecular complexity index is 1130. The predicted octanol–water partition coefficient (Wildman–Crippen LogP) is 4.99. The molecular formula is C25H26Cl2N2O5S. The fraction of sp³-hybridized carbons (Fsp3) is 0.320. The van der Waals surface area contributed by atoms with Gasteiger partial charge in [-0.05, 0) is 49.6 Å². The minimum atomic E-state index is -1.08. The van der Waals surface area contributed by atoms with E-state index >= 15 is 0 Å². The maximum atomic E-state index is 12.7. The van der Waals surface area contributed by atoms with Gasteiger partial charge in [0.15, 0.2) is 0 Å². The Hall–Kier alpha value is -2.68. The second-order valence-corrected chi connectivity index (χ2v) is 9.87. The Labute approximate surface area is 218 Å². The molecule has 0 aromatic heterocycles. The van der Waals surface area contributed by atoms with E-state index in [1.165, 1.54) is 24.8 Å². The molecule has 35 heavy (non-hydrogen) atoms. The average Bonchev–Trinajstić information content (AvgIpc) is 2.86. The molecular weight excluding hydrogens is 511 g/mol. The molecule has 1 heterocycles. The molecule has 2 aromatic carbocycles. The lowest BCUT2D eigenvalue weighted by Crippen LogP contribution is -2.46. The smallest absolute Gasteiger partial charge is 0.325 e. The van der Waals surface area contributed by atoms with Gasteiger partial charge in [-0.1, -0.05) is 53.2 Å². The van der Waals surface area contributed by atoms with Gasteiger partial charge in [0.1, 0.15) is 11.8 Å². The Balaban J connectivity index is 1.60. The first-order valence-electron chi connectivity index (χ1n) is 11.0. The van der Waals surface area contributed by atoms with Crippen molar-refractivity contribution in [1.82, 2.24) is 10.2 Å². The van der Waals surface area contributed by atoms with Crippen LogP contribution in [0.1, 0.15) is 25.3 Å². The number of aliphatic carboxylic acids is 1. The zero-order valence-corrected chi connectivity index (χ0v) is 21.6. The van der Waals surface area contributed by atoms with Crippen molar-refractivity contribution in [3.63, 3.8) is 0 Å². The maximum absolute atomic E-state index is 12.7. The number of carbonyl (C=O) groups excluding carboxylic acids is 2. The summed E-state index contributed by atoms with van der Waals surface area (Å²) >= 11 is 14.4. The minimum Gasteiger partial charge on any atom is -0.496 e. The Kier molecular flexibility index (Phi) is 9.48. The number of likely N-dealkylation sites (tertiary alicyclic amines) is 1. The Morgan fingerprint density at radius 1 is 1.11 bits per heavy atom. The van der Waals surface area contributed by atoms with Crippen molar-refractivity contribution in [2.75, 3.05) is 20.2 Å². The van der Waals surface area contributed by atoms with Crippen LogP contribution in [0.25, 0.3) is 6.08 Å². The molecule has 1 aliphatic heterocycles. The Morgan fingerprint density at radius 2 is 1.80 bits per heavy atom. The fourth-order valence-corrected chi connectivity index (χ4v) is 5.13. The summed E-state index contributed by atoms with van der Waals surface area (Å²) in [5.41, 5.74) is 0.617. The molecule has 0 bridgehead atoms. The van der Waals surface area contributed by atoms with Crippen LogP contribution in [0.2, 0.25) is 10.0 Å². The van der Waals surface area contributed by atoms with Crippen molar-refractivity contribution < 1.29 is 24.2 Å². The second kappa shape index (κ2) is 12.3. The molecule has 2 amide bonds. The number of ether oxygens (including phenoxy) is 1. The van der Waals surface area contributed by atoms with Gasteiger partial charge in [-0.2, -0.15) is 0 Å². The van der Waals surface area contributed by atoms with Gasteiger partial charge in [0.25, 0.3) is 0 Å². The highest BCUT2D eigenvalue weighted by Crippen LogP contribution is 2.42. The number of nitrogens with zero attached hydrogens (tertiary/aromatic N) is 1. The van der Waals surface area contributed by atoms with Crippen LogP contribution in [0.5, 0.6) is 5.75 Å². The molecule has 1 atom stereocenters. The lowest BCUT2D eigenvalue weighted by Gasteiger charge is -2.31. The van der Waals surface area contributed by atoms with Crippen LogP contribution in [-0.4, -0.2) is 54.0 Å². The first kappa shape index (κ1) is 26.9. The summed E-state index contributed by atoms with van der Waals surface area (Å²) in [6.45, 7) is 2.24. The van der Waals surface area contributed by atoms with Crippen molar-refractivity contribution in [3.8, 4) is 5.75 Å². The quantitative estimate of drug-likeness (QED) is 0.461. The van der Waals surface area contributed by atoms with Crippen molar-refractivity contribution >= 4 is 58.8 Å². The molecule has 1 fully saturated rings. The van der Waals surface area contributed by atoms with Gasteiger partial charge in [-0.25, -0.2) is 0 Å². The van der Waals surface area contributed by atoms with Gasteiger partial charge >= 0.3 is 5.97 Å². The molecule has 1 saturated heterocycles. The van der Waals surface area contributed by atoms with E-state index in [0.717, 1.165) is 15.5 Å². The summed E-state index contributed by atoms with van der Waals surface area (Å²) in [5, 5.41) is 12.2. The van der Waals surface area contributed by atoms with Gasteiger partial charge in [0.2, 0.25) is 11.8 Å². The monoisotopic (exact) mass is 536 g/mol. The van der Waals surface area contributed by atoms with E-state index in [0.29, 0.717) is 41.5 Å². The van der Waals surface area contributed by atoms with Crippen molar-refractivity contribution in [2.45, 2.75) is 35.6 Å². The number of hydrogen-bond donors (Lipinski definition) is 2. The Morgan fingerprint density at radius 3 is 2.46 bits per heavy atom. The summed E-state index contributed by atoms with van der Waals surface area (Å²) in [4.78, 5) is 39.1. The third-order valence-corrected chi connectivity index (χ3v) is 7.80. The van der Waals surface area contributed by atoms with E-state index in [1.807, 2.05) is 30.3 Å². The van der Waals surface area contributed by atoms with Gasteiger partial charge < -0.3 is 20.1 Å².